The summed E-state index contributed by atoms with van der Waals surface area (Å²) < 4.78 is 38.4. The van der Waals surface area contributed by atoms with Crippen LogP contribution in [0.1, 0.15) is 32.0 Å². The molecule has 2 heterocycles. The quantitative estimate of drug-likeness (QED) is 0.751. The molecule has 0 saturated carbocycles. The van der Waals surface area contributed by atoms with E-state index in [4.69, 9.17) is 0 Å². The van der Waals surface area contributed by atoms with Gasteiger partial charge in [-0.3, -0.25) is 4.79 Å². The summed E-state index contributed by atoms with van der Waals surface area (Å²) in [4.78, 5) is 25.3. The molecule has 0 bridgehead atoms. The molecule has 0 spiro atoms. The first-order valence-corrected chi connectivity index (χ1v) is 9.53. The molecule has 0 N–H and O–H groups in total. The number of piperazine rings is 1. The van der Waals surface area contributed by atoms with Gasteiger partial charge in [0, 0.05) is 48.9 Å². The van der Waals surface area contributed by atoms with E-state index >= 15 is 0 Å². The highest BCUT2D eigenvalue weighted by Gasteiger charge is 2.31. The lowest BCUT2D eigenvalue weighted by atomic mass is 9.94. The van der Waals surface area contributed by atoms with Gasteiger partial charge in [0.1, 0.15) is 5.82 Å². The molecule has 1 aromatic carbocycles. The van der Waals surface area contributed by atoms with E-state index in [0.29, 0.717) is 37.6 Å². The number of alkyl halides is 3. The monoisotopic (exact) mass is 406 g/mol. The van der Waals surface area contributed by atoms with Crippen LogP contribution < -0.4 is 4.90 Å². The van der Waals surface area contributed by atoms with Crippen molar-refractivity contribution in [1.82, 2.24) is 14.9 Å². The largest absolute Gasteiger partial charge is 0.416 e. The Morgan fingerprint density at radius 1 is 0.966 bits per heavy atom. The summed E-state index contributed by atoms with van der Waals surface area (Å²) in [6.45, 7) is 10.1. The van der Waals surface area contributed by atoms with Crippen LogP contribution in [0.3, 0.4) is 0 Å². The average molecular weight is 406 g/mol. The predicted octanol–water partition coefficient (Wildman–Crippen LogP) is 4.17. The number of anilines is 1. The molecule has 5 nitrogen and oxygen atoms in total. The lowest BCUT2D eigenvalue weighted by Crippen LogP contribution is -2.51. The fraction of sp³-hybridized carbons (Fsp3) is 0.476. The van der Waals surface area contributed by atoms with Crippen LogP contribution in [-0.2, 0) is 11.0 Å². The van der Waals surface area contributed by atoms with Crippen molar-refractivity contribution in [1.29, 1.82) is 0 Å². The number of carbonyl (C=O) groups is 1. The van der Waals surface area contributed by atoms with Crippen LogP contribution >= 0.6 is 0 Å². The molecule has 0 atom stereocenters. The third-order valence-electron chi connectivity index (χ3n) is 4.84. The van der Waals surface area contributed by atoms with Crippen molar-refractivity contribution in [3.8, 4) is 11.4 Å². The zero-order valence-corrected chi connectivity index (χ0v) is 17.0. The Bertz CT molecular complexity index is 880. The summed E-state index contributed by atoms with van der Waals surface area (Å²) in [6.07, 6.45) is -4.37. The van der Waals surface area contributed by atoms with E-state index in [-0.39, 0.29) is 5.91 Å². The van der Waals surface area contributed by atoms with E-state index in [1.54, 1.807) is 0 Å². The second-order valence-corrected chi connectivity index (χ2v) is 8.30. The first kappa shape index (κ1) is 21.1. The molecular weight excluding hydrogens is 381 g/mol. The minimum atomic E-state index is -4.37. The number of carbonyl (C=O) groups excluding carboxylic acids is 1. The van der Waals surface area contributed by atoms with Crippen LogP contribution in [0.15, 0.2) is 30.3 Å². The Labute approximate surface area is 168 Å². The summed E-state index contributed by atoms with van der Waals surface area (Å²) in [6, 6.07) is 6.71. The molecule has 0 radical (unpaired) electrons. The fourth-order valence-electron chi connectivity index (χ4n) is 3.26. The predicted molar refractivity (Wildman–Crippen MR) is 105 cm³/mol. The fourth-order valence-corrected chi connectivity index (χ4v) is 3.26. The third-order valence-corrected chi connectivity index (χ3v) is 4.84. The van der Waals surface area contributed by atoms with E-state index < -0.39 is 17.2 Å². The van der Waals surface area contributed by atoms with Crippen LogP contribution in [0.5, 0.6) is 0 Å². The summed E-state index contributed by atoms with van der Waals surface area (Å²) >= 11 is 0. The van der Waals surface area contributed by atoms with E-state index in [0.717, 1.165) is 23.6 Å². The summed E-state index contributed by atoms with van der Waals surface area (Å²) in [5.41, 5.74) is 0.153. The first-order valence-electron chi connectivity index (χ1n) is 9.53. The maximum atomic E-state index is 12.8. The van der Waals surface area contributed by atoms with E-state index in [1.807, 2.05) is 38.7 Å². The summed E-state index contributed by atoms with van der Waals surface area (Å²) in [5.74, 6) is 1.23. The van der Waals surface area contributed by atoms with E-state index in [2.05, 4.69) is 14.9 Å². The number of amides is 1. The van der Waals surface area contributed by atoms with Crippen molar-refractivity contribution in [2.24, 2.45) is 5.41 Å². The maximum Gasteiger partial charge on any atom is 0.416 e. The van der Waals surface area contributed by atoms with Crippen molar-refractivity contribution < 1.29 is 18.0 Å². The molecular formula is C21H25F3N4O. The molecule has 2 aromatic rings. The topological polar surface area (TPSA) is 49.3 Å². The third kappa shape index (κ3) is 4.86. The van der Waals surface area contributed by atoms with Crippen LogP contribution in [0.2, 0.25) is 0 Å². The zero-order valence-electron chi connectivity index (χ0n) is 17.0. The molecule has 0 aliphatic carbocycles. The van der Waals surface area contributed by atoms with Crippen LogP contribution in [0.4, 0.5) is 19.0 Å². The van der Waals surface area contributed by atoms with Gasteiger partial charge in [0.05, 0.1) is 5.56 Å². The lowest BCUT2D eigenvalue weighted by Gasteiger charge is -2.38. The molecule has 156 valence electrons. The standard InChI is InChI=1S/C21H25F3N4O/c1-14-13-17(27-9-11-28(12-10-27)19(29)20(2,3)4)26-18(25-14)15-5-7-16(8-6-15)21(22,23)24/h5-8,13H,9-12H2,1-4H3. The highest BCUT2D eigenvalue weighted by molar-refractivity contribution is 5.81. The highest BCUT2D eigenvalue weighted by atomic mass is 19.4. The number of hydrogen-bond acceptors (Lipinski definition) is 4. The van der Waals surface area contributed by atoms with Crippen molar-refractivity contribution in [2.45, 2.75) is 33.9 Å². The second-order valence-electron chi connectivity index (χ2n) is 8.30. The van der Waals surface area contributed by atoms with Gasteiger partial charge in [-0.2, -0.15) is 13.2 Å². The van der Waals surface area contributed by atoms with Gasteiger partial charge in [0.15, 0.2) is 5.82 Å². The van der Waals surface area contributed by atoms with Crippen molar-refractivity contribution in [3.05, 3.63) is 41.6 Å². The van der Waals surface area contributed by atoms with Crippen molar-refractivity contribution in [3.63, 3.8) is 0 Å². The number of hydrogen-bond donors (Lipinski definition) is 0. The van der Waals surface area contributed by atoms with Gasteiger partial charge < -0.3 is 9.80 Å². The summed E-state index contributed by atoms with van der Waals surface area (Å²) in [5, 5.41) is 0. The second kappa shape index (κ2) is 7.65. The summed E-state index contributed by atoms with van der Waals surface area (Å²) in [7, 11) is 0. The molecule has 1 aliphatic heterocycles. The van der Waals surface area contributed by atoms with Gasteiger partial charge >= 0.3 is 6.18 Å². The molecule has 1 aliphatic rings. The smallest absolute Gasteiger partial charge is 0.353 e. The molecule has 3 rings (SSSR count). The minimum absolute atomic E-state index is 0.126. The number of halogens is 3. The van der Waals surface area contributed by atoms with E-state index in [9.17, 15) is 18.0 Å². The Balaban J connectivity index is 1.77. The van der Waals surface area contributed by atoms with Crippen molar-refractivity contribution in [2.75, 3.05) is 31.1 Å². The van der Waals surface area contributed by atoms with Gasteiger partial charge in [0.2, 0.25) is 5.91 Å². The van der Waals surface area contributed by atoms with Crippen LogP contribution in [0, 0.1) is 12.3 Å². The number of rotatable bonds is 2. The first-order chi connectivity index (χ1) is 13.4. The molecule has 1 fully saturated rings. The van der Waals surface area contributed by atoms with Crippen LogP contribution in [-0.4, -0.2) is 47.0 Å². The average Bonchev–Trinajstić information content (AvgIpc) is 2.66. The molecule has 29 heavy (non-hydrogen) atoms. The number of benzene rings is 1. The molecule has 1 aromatic heterocycles. The van der Waals surface area contributed by atoms with Gasteiger partial charge in [-0.05, 0) is 19.1 Å². The Morgan fingerprint density at radius 3 is 2.07 bits per heavy atom. The SMILES string of the molecule is Cc1cc(N2CCN(C(=O)C(C)(C)C)CC2)nc(-c2ccc(C(F)(F)F)cc2)n1. The zero-order chi connectivity index (χ0) is 21.4. The van der Waals surface area contributed by atoms with Gasteiger partial charge in [-0.1, -0.05) is 32.9 Å². The normalized spacial score (nSPS) is 15.6. The minimum Gasteiger partial charge on any atom is -0.353 e. The van der Waals surface area contributed by atoms with Crippen LogP contribution in [0.25, 0.3) is 11.4 Å². The number of aromatic nitrogens is 2. The molecule has 0 unspecified atom stereocenters. The van der Waals surface area contributed by atoms with Gasteiger partial charge in [-0.15, -0.1) is 0 Å². The highest BCUT2D eigenvalue weighted by Crippen LogP contribution is 2.31. The Morgan fingerprint density at radius 2 is 1.55 bits per heavy atom. The van der Waals surface area contributed by atoms with Gasteiger partial charge in [0.25, 0.3) is 0 Å². The Kier molecular flexibility index (Phi) is 5.56. The lowest BCUT2D eigenvalue weighted by molar-refractivity contribution is -0.140. The van der Waals surface area contributed by atoms with Crippen molar-refractivity contribution >= 4 is 11.7 Å². The molecule has 1 amide bonds. The molecule has 8 heteroatoms. The van der Waals surface area contributed by atoms with E-state index in [1.165, 1.54) is 12.1 Å². The van der Waals surface area contributed by atoms with Gasteiger partial charge in [-0.25, -0.2) is 9.97 Å². The maximum absolute atomic E-state index is 12.8. The molecule has 1 saturated heterocycles. The number of aryl methyl sites for hydroxylation is 1. The Hall–Kier alpha value is -2.64. The number of nitrogens with zero attached hydrogens (tertiary/aromatic N) is 4.